The number of rotatable bonds is 4. The summed E-state index contributed by atoms with van der Waals surface area (Å²) in [5, 5.41) is 8.46. The molecule has 0 bridgehead atoms. The molecule has 28 heavy (non-hydrogen) atoms. The van der Waals surface area contributed by atoms with Gasteiger partial charge in [0.15, 0.2) is 0 Å². The van der Waals surface area contributed by atoms with Crippen LogP contribution in [0.4, 0.5) is 0 Å². The van der Waals surface area contributed by atoms with Gasteiger partial charge >= 0.3 is 0 Å². The molecule has 0 spiro atoms. The summed E-state index contributed by atoms with van der Waals surface area (Å²) in [5.41, 5.74) is 2.57. The van der Waals surface area contributed by atoms with Crippen LogP contribution >= 0.6 is 0 Å². The van der Waals surface area contributed by atoms with Crippen molar-refractivity contribution in [2.24, 2.45) is 0 Å². The molecule has 1 aliphatic rings. The number of piperidine rings is 1. The van der Waals surface area contributed by atoms with Crippen LogP contribution in [-0.4, -0.2) is 41.2 Å². The number of hydrogen-bond acceptors (Lipinski definition) is 5. The molecular weight excluding hydrogens is 354 g/mol. The predicted octanol–water partition coefficient (Wildman–Crippen LogP) is 4.07. The molecule has 0 N–H and O–H groups in total. The molecule has 0 radical (unpaired) electrons. The highest BCUT2D eigenvalue weighted by atomic mass is 16.5. The molecule has 0 unspecified atom stereocenters. The summed E-state index contributed by atoms with van der Waals surface area (Å²) in [5.74, 6) is 2.06. The van der Waals surface area contributed by atoms with E-state index in [1.54, 1.807) is 7.11 Å². The van der Waals surface area contributed by atoms with Crippen molar-refractivity contribution < 1.29 is 13.9 Å². The number of carbonyl (C=O) groups excluding carboxylic acids is 1. The minimum Gasteiger partial charge on any atom is -0.496 e. The Hall–Kier alpha value is -3.15. The second kappa shape index (κ2) is 7.84. The van der Waals surface area contributed by atoms with Crippen molar-refractivity contribution in [2.75, 3.05) is 20.2 Å². The fourth-order valence-electron chi connectivity index (χ4n) is 3.64. The van der Waals surface area contributed by atoms with Gasteiger partial charge in [-0.1, -0.05) is 30.3 Å². The Balaban J connectivity index is 1.44. The number of ether oxygens (including phenoxy) is 1. The third-order valence-corrected chi connectivity index (χ3v) is 5.28. The van der Waals surface area contributed by atoms with Gasteiger partial charge in [0, 0.05) is 24.6 Å². The average Bonchev–Trinajstić information content (AvgIpc) is 3.24. The van der Waals surface area contributed by atoms with Crippen LogP contribution in [0.3, 0.4) is 0 Å². The van der Waals surface area contributed by atoms with Gasteiger partial charge in [-0.05, 0) is 43.5 Å². The minimum atomic E-state index is 0.0943. The molecule has 6 heteroatoms. The molecule has 1 saturated heterocycles. The quantitative estimate of drug-likeness (QED) is 0.685. The lowest BCUT2D eigenvalue weighted by atomic mass is 9.96. The topological polar surface area (TPSA) is 68.5 Å². The van der Waals surface area contributed by atoms with Gasteiger partial charge in [0.05, 0.1) is 12.7 Å². The number of amides is 1. The van der Waals surface area contributed by atoms with E-state index in [0.29, 0.717) is 30.6 Å². The molecule has 144 valence electrons. The van der Waals surface area contributed by atoms with E-state index in [1.165, 1.54) is 0 Å². The third kappa shape index (κ3) is 3.50. The SMILES string of the molecule is COc1ccccc1-c1nnc(C2CCN(C(=O)c3ccccc3C)CC2)o1. The van der Waals surface area contributed by atoms with E-state index >= 15 is 0 Å². The van der Waals surface area contributed by atoms with Crippen molar-refractivity contribution in [1.82, 2.24) is 15.1 Å². The van der Waals surface area contributed by atoms with Crippen molar-refractivity contribution in [1.29, 1.82) is 0 Å². The summed E-state index contributed by atoms with van der Waals surface area (Å²) < 4.78 is 11.3. The molecule has 2 aromatic carbocycles. The zero-order valence-corrected chi connectivity index (χ0v) is 16.1. The van der Waals surface area contributed by atoms with Crippen molar-refractivity contribution >= 4 is 5.91 Å². The normalized spacial score (nSPS) is 14.9. The molecule has 1 aromatic heterocycles. The molecule has 6 nitrogen and oxygen atoms in total. The number of nitrogens with zero attached hydrogens (tertiary/aromatic N) is 3. The van der Waals surface area contributed by atoms with Crippen LogP contribution in [0.15, 0.2) is 52.9 Å². The van der Waals surface area contributed by atoms with E-state index in [4.69, 9.17) is 9.15 Å². The van der Waals surface area contributed by atoms with Crippen LogP contribution in [-0.2, 0) is 0 Å². The van der Waals surface area contributed by atoms with E-state index in [2.05, 4.69) is 10.2 Å². The van der Waals surface area contributed by atoms with Gasteiger partial charge < -0.3 is 14.1 Å². The Bertz CT molecular complexity index is 974. The summed E-state index contributed by atoms with van der Waals surface area (Å²) in [6.45, 7) is 3.34. The molecular formula is C22H23N3O3. The number of likely N-dealkylation sites (tertiary alicyclic amines) is 1. The number of para-hydroxylation sites is 1. The maximum atomic E-state index is 12.8. The van der Waals surface area contributed by atoms with Gasteiger partial charge in [0.2, 0.25) is 5.89 Å². The number of benzene rings is 2. The first-order chi connectivity index (χ1) is 13.7. The van der Waals surface area contributed by atoms with E-state index < -0.39 is 0 Å². The Kier molecular flexibility index (Phi) is 5.10. The van der Waals surface area contributed by atoms with Crippen molar-refractivity contribution in [3.8, 4) is 17.2 Å². The van der Waals surface area contributed by atoms with Crippen LogP contribution < -0.4 is 4.74 Å². The van der Waals surface area contributed by atoms with Gasteiger partial charge in [-0.15, -0.1) is 10.2 Å². The predicted molar refractivity (Wildman–Crippen MR) is 105 cm³/mol. The fourth-order valence-corrected chi connectivity index (χ4v) is 3.64. The summed E-state index contributed by atoms with van der Waals surface area (Å²) in [6.07, 6.45) is 1.62. The van der Waals surface area contributed by atoms with Gasteiger partial charge in [0.25, 0.3) is 11.8 Å². The molecule has 2 heterocycles. The fraction of sp³-hybridized carbons (Fsp3) is 0.318. The van der Waals surface area contributed by atoms with E-state index in [-0.39, 0.29) is 11.8 Å². The molecule has 0 saturated carbocycles. The molecule has 1 fully saturated rings. The maximum Gasteiger partial charge on any atom is 0.254 e. The van der Waals surface area contributed by atoms with E-state index in [9.17, 15) is 4.79 Å². The maximum absolute atomic E-state index is 12.8. The summed E-state index contributed by atoms with van der Waals surface area (Å²) >= 11 is 0. The van der Waals surface area contributed by atoms with Gasteiger partial charge in [-0.3, -0.25) is 4.79 Å². The summed E-state index contributed by atoms with van der Waals surface area (Å²) in [7, 11) is 1.62. The zero-order valence-electron chi connectivity index (χ0n) is 16.1. The number of methoxy groups -OCH3 is 1. The average molecular weight is 377 g/mol. The minimum absolute atomic E-state index is 0.0943. The van der Waals surface area contributed by atoms with Crippen LogP contribution in [0, 0.1) is 6.92 Å². The van der Waals surface area contributed by atoms with Crippen LogP contribution in [0.25, 0.3) is 11.5 Å². The third-order valence-electron chi connectivity index (χ3n) is 5.28. The molecule has 3 aromatic rings. The van der Waals surface area contributed by atoms with Crippen molar-refractivity contribution in [3.63, 3.8) is 0 Å². The lowest BCUT2D eigenvalue weighted by molar-refractivity contribution is 0.0705. The lowest BCUT2D eigenvalue weighted by Crippen LogP contribution is -2.38. The second-order valence-electron chi connectivity index (χ2n) is 7.03. The van der Waals surface area contributed by atoms with Gasteiger partial charge in [-0.25, -0.2) is 0 Å². The molecule has 0 aliphatic carbocycles. The first kappa shape index (κ1) is 18.2. The van der Waals surface area contributed by atoms with Crippen LogP contribution in [0.2, 0.25) is 0 Å². The van der Waals surface area contributed by atoms with Gasteiger partial charge in [0.1, 0.15) is 5.75 Å². The summed E-state index contributed by atoms with van der Waals surface area (Å²) in [6, 6.07) is 15.3. The smallest absolute Gasteiger partial charge is 0.254 e. The van der Waals surface area contributed by atoms with Gasteiger partial charge in [-0.2, -0.15) is 0 Å². The highest BCUT2D eigenvalue weighted by Gasteiger charge is 2.28. The lowest BCUT2D eigenvalue weighted by Gasteiger charge is -2.30. The number of carbonyl (C=O) groups is 1. The molecule has 0 atom stereocenters. The van der Waals surface area contributed by atoms with Crippen molar-refractivity contribution in [2.45, 2.75) is 25.7 Å². The van der Waals surface area contributed by atoms with E-state index in [1.807, 2.05) is 60.4 Å². The Labute approximate surface area is 164 Å². The summed E-state index contributed by atoms with van der Waals surface area (Å²) in [4.78, 5) is 14.7. The second-order valence-corrected chi connectivity index (χ2v) is 7.03. The number of hydrogen-bond donors (Lipinski definition) is 0. The highest BCUT2D eigenvalue weighted by molar-refractivity contribution is 5.95. The molecule has 1 amide bonds. The first-order valence-electron chi connectivity index (χ1n) is 9.49. The number of aryl methyl sites for hydroxylation is 1. The monoisotopic (exact) mass is 377 g/mol. The highest BCUT2D eigenvalue weighted by Crippen LogP contribution is 2.33. The van der Waals surface area contributed by atoms with Crippen molar-refractivity contribution in [3.05, 3.63) is 65.5 Å². The Morgan fingerprint density at radius 1 is 1.07 bits per heavy atom. The van der Waals surface area contributed by atoms with Crippen LogP contribution in [0.5, 0.6) is 5.75 Å². The zero-order chi connectivity index (χ0) is 19.5. The Morgan fingerprint density at radius 3 is 2.54 bits per heavy atom. The number of aromatic nitrogens is 2. The van der Waals surface area contributed by atoms with Crippen LogP contribution in [0.1, 0.15) is 40.6 Å². The van der Waals surface area contributed by atoms with E-state index in [0.717, 1.165) is 29.5 Å². The Morgan fingerprint density at radius 2 is 1.79 bits per heavy atom. The standard InChI is InChI=1S/C22H23N3O3/c1-15-7-3-4-8-17(15)22(26)25-13-11-16(12-14-25)20-23-24-21(28-20)18-9-5-6-10-19(18)27-2/h3-10,16H,11-14H2,1-2H3. The molecule has 4 rings (SSSR count). The largest absolute Gasteiger partial charge is 0.496 e. The molecule has 1 aliphatic heterocycles. The first-order valence-corrected chi connectivity index (χ1v) is 9.49.